The van der Waals surface area contributed by atoms with Crippen LogP contribution in [0.25, 0.3) is 0 Å². The van der Waals surface area contributed by atoms with Gasteiger partial charge < -0.3 is 10.2 Å². The van der Waals surface area contributed by atoms with Crippen LogP contribution in [0.2, 0.25) is 0 Å². The summed E-state index contributed by atoms with van der Waals surface area (Å²) in [5.74, 6) is 0.305. The number of carbonyl (C=O) groups excluding carboxylic acids is 2. The van der Waals surface area contributed by atoms with E-state index in [0.717, 1.165) is 24.2 Å². The first-order valence-corrected chi connectivity index (χ1v) is 7.07. The van der Waals surface area contributed by atoms with Crippen molar-refractivity contribution in [2.24, 2.45) is 13.0 Å². The van der Waals surface area contributed by atoms with Gasteiger partial charge in [-0.1, -0.05) is 0 Å². The number of hydrogen-bond donors (Lipinski definition) is 1. The summed E-state index contributed by atoms with van der Waals surface area (Å²) in [5, 5.41) is 7.09. The van der Waals surface area contributed by atoms with Gasteiger partial charge in [-0.3, -0.25) is 14.3 Å². The average Bonchev–Trinajstić information content (AvgIpc) is 3.13. The van der Waals surface area contributed by atoms with Crippen molar-refractivity contribution < 1.29 is 9.59 Å². The van der Waals surface area contributed by atoms with Gasteiger partial charge in [0.05, 0.1) is 17.9 Å². The molecule has 0 bridgehead atoms. The van der Waals surface area contributed by atoms with Gasteiger partial charge in [0.15, 0.2) is 0 Å². The molecule has 1 N–H and O–H groups in total. The van der Waals surface area contributed by atoms with Crippen molar-refractivity contribution in [3.05, 3.63) is 17.5 Å². The maximum absolute atomic E-state index is 12.4. The normalized spacial score (nSPS) is 26.9. The van der Waals surface area contributed by atoms with E-state index in [9.17, 15) is 9.59 Å². The number of nitrogens with zero attached hydrogens (tertiary/aromatic N) is 3. The van der Waals surface area contributed by atoms with E-state index in [4.69, 9.17) is 0 Å². The number of piperazine rings is 1. The first kappa shape index (κ1) is 13.1. The molecule has 1 aliphatic heterocycles. The first-order chi connectivity index (χ1) is 9.47. The highest BCUT2D eigenvalue weighted by atomic mass is 16.2. The summed E-state index contributed by atoms with van der Waals surface area (Å²) >= 11 is 0. The molecule has 2 amide bonds. The van der Waals surface area contributed by atoms with Crippen LogP contribution in [0.5, 0.6) is 0 Å². The molecule has 108 valence electrons. The van der Waals surface area contributed by atoms with E-state index in [1.165, 1.54) is 0 Å². The first-order valence-electron chi connectivity index (χ1n) is 7.07. The summed E-state index contributed by atoms with van der Waals surface area (Å²) in [4.78, 5) is 26.3. The molecular weight excluding hydrogens is 256 g/mol. The van der Waals surface area contributed by atoms with E-state index >= 15 is 0 Å². The fourth-order valence-corrected chi connectivity index (χ4v) is 2.93. The molecule has 1 aliphatic carbocycles. The van der Waals surface area contributed by atoms with Crippen molar-refractivity contribution in [1.29, 1.82) is 0 Å². The lowest BCUT2D eigenvalue weighted by molar-refractivity contribution is -0.150. The molecule has 2 atom stereocenters. The third-order valence-corrected chi connectivity index (χ3v) is 4.12. The highest BCUT2D eigenvalue weighted by Gasteiger charge is 2.46. The number of aromatic nitrogens is 2. The summed E-state index contributed by atoms with van der Waals surface area (Å²) in [6, 6.07) is 1.22. The Morgan fingerprint density at radius 3 is 2.65 bits per heavy atom. The summed E-state index contributed by atoms with van der Waals surface area (Å²) in [6.07, 6.45) is 2.06. The van der Waals surface area contributed by atoms with E-state index in [2.05, 4.69) is 10.4 Å². The van der Waals surface area contributed by atoms with E-state index in [-0.39, 0.29) is 17.9 Å². The average molecular weight is 276 g/mol. The van der Waals surface area contributed by atoms with Crippen LogP contribution in [-0.4, -0.2) is 38.6 Å². The van der Waals surface area contributed by atoms with Crippen molar-refractivity contribution in [3.63, 3.8) is 0 Å². The van der Waals surface area contributed by atoms with Crippen LogP contribution in [0.15, 0.2) is 6.07 Å². The SMILES string of the molecule is Cc1cc(CN2C(=O)C(C)NC(=O)C2C2CC2)n(C)n1. The van der Waals surface area contributed by atoms with Crippen LogP contribution in [0.3, 0.4) is 0 Å². The summed E-state index contributed by atoms with van der Waals surface area (Å²) < 4.78 is 1.78. The second-order valence-corrected chi connectivity index (χ2v) is 5.88. The van der Waals surface area contributed by atoms with Gasteiger partial charge in [0.1, 0.15) is 12.1 Å². The zero-order chi connectivity index (χ0) is 14.4. The number of aryl methyl sites for hydroxylation is 2. The molecule has 0 spiro atoms. The maximum atomic E-state index is 12.4. The molecule has 2 fully saturated rings. The molecule has 3 rings (SSSR count). The van der Waals surface area contributed by atoms with Gasteiger partial charge in [-0.25, -0.2) is 0 Å². The number of hydrogen-bond acceptors (Lipinski definition) is 3. The summed E-state index contributed by atoms with van der Waals surface area (Å²) in [5.41, 5.74) is 1.89. The second-order valence-electron chi connectivity index (χ2n) is 5.88. The number of amides is 2. The number of carbonyl (C=O) groups is 2. The van der Waals surface area contributed by atoms with E-state index in [0.29, 0.717) is 12.5 Å². The molecule has 2 unspecified atom stereocenters. The minimum atomic E-state index is -0.438. The molecule has 6 nitrogen and oxygen atoms in total. The molecule has 20 heavy (non-hydrogen) atoms. The van der Waals surface area contributed by atoms with Gasteiger partial charge in [0.25, 0.3) is 0 Å². The van der Waals surface area contributed by atoms with Gasteiger partial charge in [-0.2, -0.15) is 5.10 Å². The molecule has 1 aromatic rings. The predicted octanol–water partition coefficient (Wildman–Crippen LogP) is 0.354. The monoisotopic (exact) mass is 276 g/mol. The van der Waals surface area contributed by atoms with Crippen LogP contribution >= 0.6 is 0 Å². The minimum absolute atomic E-state index is 0.000327. The van der Waals surface area contributed by atoms with E-state index in [1.807, 2.05) is 20.0 Å². The van der Waals surface area contributed by atoms with Crippen molar-refractivity contribution in [3.8, 4) is 0 Å². The Balaban J connectivity index is 1.88. The maximum Gasteiger partial charge on any atom is 0.245 e. The second kappa shape index (κ2) is 4.61. The highest BCUT2D eigenvalue weighted by molar-refractivity contribution is 5.97. The van der Waals surface area contributed by atoms with Crippen molar-refractivity contribution in [2.45, 2.75) is 45.3 Å². The van der Waals surface area contributed by atoms with E-state index in [1.54, 1.807) is 16.5 Å². The number of nitrogens with one attached hydrogen (secondary N) is 1. The largest absolute Gasteiger partial charge is 0.343 e. The molecule has 1 saturated carbocycles. The fraction of sp³-hybridized carbons (Fsp3) is 0.643. The summed E-state index contributed by atoms with van der Waals surface area (Å²) in [7, 11) is 1.87. The highest BCUT2D eigenvalue weighted by Crippen LogP contribution is 2.37. The molecular formula is C14H20N4O2. The smallest absolute Gasteiger partial charge is 0.245 e. The van der Waals surface area contributed by atoms with Gasteiger partial charge in [-0.15, -0.1) is 0 Å². The van der Waals surface area contributed by atoms with Crippen LogP contribution in [0.1, 0.15) is 31.2 Å². The Labute approximate surface area is 118 Å². The topological polar surface area (TPSA) is 67.2 Å². The lowest BCUT2D eigenvalue weighted by Gasteiger charge is -2.38. The zero-order valence-corrected chi connectivity index (χ0v) is 12.1. The Kier molecular flexibility index (Phi) is 3.03. The van der Waals surface area contributed by atoms with Gasteiger partial charge in [0, 0.05) is 7.05 Å². The minimum Gasteiger partial charge on any atom is -0.343 e. The molecule has 6 heteroatoms. The van der Waals surface area contributed by atoms with Crippen molar-refractivity contribution in [1.82, 2.24) is 20.0 Å². The molecule has 1 saturated heterocycles. The Morgan fingerprint density at radius 2 is 2.10 bits per heavy atom. The molecule has 2 heterocycles. The molecule has 1 aromatic heterocycles. The lowest BCUT2D eigenvalue weighted by Crippen LogP contribution is -2.62. The molecule has 2 aliphatic rings. The lowest BCUT2D eigenvalue weighted by atomic mass is 10.0. The van der Waals surface area contributed by atoms with E-state index < -0.39 is 6.04 Å². The van der Waals surface area contributed by atoms with Crippen molar-refractivity contribution >= 4 is 11.8 Å². The third kappa shape index (κ3) is 2.19. The van der Waals surface area contributed by atoms with Gasteiger partial charge in [0.2, 0.25) is 11.8 Å². The van der Waals surface area contributed by atoms with Gasteiger partial charge >= 0.3 is 0 Å². The summed E-state index contributed by atoms with van der Waals surface area (Å²) in [6.45, 7) is 4.12. The zero-order valence-electron chi connectivity index (χ0n) is 12.1. The molecule has 0 radical (unpaired) electrons. The Bertz CT molecular complexity index is 562. The quantitative estimate of drug-likeness (QED) is 0.866. The number of rotatable bonds is 3. The Hall–Kier alpha value is -1.85. The van der Waals surface area contributed by atoms with Crippen LogP contribution < -0.4 is 5.32 Å². The van der Waals surface area contributed by atoms with Crippen LogP contribution in [0, 0.1) is 12.8 Å². The standard InChI is InChI=1S/C14H20N4O2/c1-8-6-11(17(3)16-8)7-18-12(10-4-5-10)13(19)15-9(2)14(18)20/h6,9-10,12H,4-5,7H2,1-3H3,(H,15,19). The van der Waals surface area contributed by atoms with Gasteiger partial charge in [-0.05, 0) is 38.7 Å². The fourth-order valence-electron chi connectivity index (χ4n) is 2.93. The van der Waals surface area contributed by atoms with Crippen LogP contribution in [0.4, 0.5) is 0 Å². The third-order valence-electron chi connectivity index (χ3n) is 4.12. The molecule has 0 aromatic carbocycles. The Morgan fingerprint density at radius 1 is 1.40 bits per heavy atom. The van der Waals surface area contributed by atoms with Crippen LogP contribution in [-0.2, 0) is 23.2 Å². The van der Waals surface area contributed by atoms with Crippen molar-refractivity contribution in [2.75, 3.05) is 0 Å². The predicted molar refractivity (Wildman–Crippen MR) is 72.6 cm³/mol.